The topological polar surface area (TPSA) is 58.4 Å². The molecule has 3 N–H and O–H groups in total. The van der Waals surface area contributed by atoms with E-state index in [1.54, 1.807) is 0 Å². The summed E-state index contributed by atoms with van der Waals surface area (Å²) in [6.07, 6.45) is 0.377. The van der Waals surface area contributed by atoms with Gasteiger partial charge in [0, 0.05) is 18.3 Å². The van der Waals surface area contributed by atoms with Crippen molar-refractivity contribution in [1.82, 2.24) is 10.2 Å². The number of hydrogen-bond acceptors (Lipinski definition) is 3. The predicted octanol–water partition coefficient (Wildman–Crippen LogP) is 1.51. The number of nitrogen functional groups attached to an aromatic ring is 1. The number of carbonyl (C=O) groups is 1. The van der Waals surface area contributed by atoms with Crippen molar-refractivity contribution in [3.05, 3.63) is 29.8 Å². The maximum atomic E-state index is 12.0. The van der Waals surface area contributed by atoms with Crippen LogP contribution in [-0.2, 0) is 11.2 Å². The lowest BCUT2D eigenvalue weighted by atomic mass is 10.0. The molecule has 19 heavy (non-hydrogen) atoms. The van der Waals surface area contributed by atoms with Crippen molar-refractivity contribution in [1.29, 1.82) is 0 Å². The summed E-state index contributed by atoms with van der Waals surface area (Å²) in [5.41, 5.74) is 7.35. The zero-order valence-corrected chi connectivity index (χ0v) is 12.3. The largest absolute Gasteiger partial charge is 0.399 e. The number of likely N-dealkylation sites (N-methyl/N-ethyl adjacent to an activating group) is 1. The Labute approximate surface area is 116 Å². The molecule has 0 aliphatic heterocycles. The molecule has 0 aliphatic carbocycles. The van der Waals surface area contributed by atoms with E-state index < -0.39 is 0 Å². The summed E-state index contributed by atoms with van der Waals surface area (Å²) in [4.78, 5) is 14.1. The molecule has 0 saturated heterocycles. The number of nitrogens with one attached hydrogen (secondary N) is 1. The van der Waals surface area contributed by atoms with E-state index in [4.69, 9.17) is 5.73 Å². The summed E-state index contributed by atoms with van der Waals surface area (Å²) in [5.74, 6) is 0.457. The minimum atomic E-state index is 0.0474. The second-order valence-electron chi connectivity index (χ2n) is 5.60. The molecule has 1 atom stereocenters. The van der Waals surface area contributed by atoms with Crippen molar-refractivity contribution in [3.8, 4) is 0 Å². The second-order valence-corrected chi connectivity index (χ2v) is 5.60. The van der Waals surface area contributed by atoms with Crippen LogP contribution in [0.5, 0.6) is 0 Å². The summed E-state index contributed by atoms with van der Waals surface area (Å²) >= 11 is 0. The summed E-state index contributed by atoms with van der Waals surface area (Å²) in [5, 5.41) is 3.09. The van der Waals surface area contributed by atoms with E-state index in [-0.39, 0.29) is 11.9 Å². The molecule has 1 rings (SSSR count). The summed E-state index contributed by atoms with van der Waals surface area (Å²) in [6, 6.07) is 7.63. The van der Waals surface area contributed by atoms with Gasteiger partial charge < -0.3 is 16.0 Å². The standard InChI is InChI=1S/C15H25N3O/c1-11(2)14(10-18(3)4)17-15(19)9-12-6-5-7-13(16)8-12/h5-8,11,14H,9-10,16H2,1-4H3,(H,17,19). The SMILES string of the molecule is CC(C)C(CN(C)C)NC(=O)Cc1cccc(N)c1. The van der Waals surface area contributed by atoms with Crippen molar-refractivity contribution in [2.75, 3.05) is 26.4 Å². The van der Waals surface area contributed by atoms with Gasteiger partial charge in [-0.05, 0) is 37.7 Å². The lowest BCUT2D eigenvalue weighted by Crippen LogP contribution is -2.45. The highest BCUT2D eigenvalue weighted by molar-refractivity contribution is 5.79. The van der Waals surface area contributed by atoms with Crippen molar-refractivity contribution in [2.45, 2.75) is 26.3 Å². The first-order chi connectivity index (χ1) is 8.88. The monoisotopic (exact) mass is 263 g/mol. The van der Waals surface area contributed by atoms with Gasteiger partial charge in [0.15, 0.2) is 0 Å². The number of amides is 1. The Hall–Kier alpha value is -1.55. The zero-order chi connectivity index (χ0) is 14.4. The Bertz CT molecular complexity index is 416. The molecule has 106 valence electrons. The first-order valence-electron chi connectivity index (χ1n) is 6.67. The summed E-state index contributed by atoms with van der Waals surface area (Å²) < 4.78 is 0. The average Bonchev–Trinajstić information content (AvgIpc) is 2.27. The predicted molar refractivity (Wildman–Crippen MR) is 79.9 cm³/mol. The lowest BCUT2D eigenvalue weighted by Gasteiger charge is -2.25. The van der Waals surface area contributed by atoms with E-state index in [1.807, 2.05) is 38.4 Å². The molecule has 0 radical (unpaired) electrons. The average molecular weight is 263 g/mol. The Kier molecular flexibility index (Phi) is 5.83. The number of nitrogens with zero attached hydrogens (tertiary/aromatic N) is 1. The minimum Gasteiger partial charge on any atom is -0.399 e. The van der Waals surface area contributed by atoms with Gasteiger partial charge >= 0.3 is 0 Å². The fourth-order valence-corrected chi connectivity index (χ4v) is 1.96. The van der Waals surface area contributed by atoms with Gasteiger partial charge in [-0.3, -0.25) is 4.79 Å². The highest BCUT2D eigenvalue weighted by Crippen LogP contribution is 2.08. The van der Waals surface area contributed by atoms with Crippen LogP contribution in [0.15, 0.2) is 24.3 Å². The number of hydrogen-bond donors (Lipinski definition) is 2. The van der Waals surface area contributed by atoms with E-state index in [2.05, 4.69) is 24.1 Å². The van der Waals surface area contributed by atoms with Gasteiger partial charge in [0.1, 0.15) is 0 Å². The smallest absolute Gasteiger partial charge is 0.224 e. The molecule has 0 saturated carbocycles. The molecular formula is C15H25N3O. The quantitative estimate of drug-likeness (QED) is 0.765. The minimum absolute atomic E-state index is 0.0474. The third-order valence-corrected chi connectivity index (χ3v) is 3.03. The molecule has 1 aromatic carbocycles. The fraction of sp³-hybridized carbons (Fsp3) is 0.533. The first kappa shape index (κ1) is 15.5. The van der Waals surface area contributed by atoms with Crippen LogP contribution in [0.2, 0.25) is 0 Å². The van der Waals surface area contributed by atoms with Crippen LogP contribution in [0.4, 0.5) is 5.69 Å². The van der Waals surface area contributed by atoms with Gasteiger partial charge in [-0.15, -0.1) is 0 Å². The molecule has 1 amide bonds. The number of carbonyl (C=O) groups excluding carboxylic acids is 1. The molecule has 0 aromatic heterocycles. The Morgan fingerprint density at radius 1 is 1.37 bits per heavy atom. The highest BCUT2D eigenvalue weighted by Gasteiger charge is 2.17. The van der Waals surface area contributed by atoms with Crippen molar-refractivity contribution < 1.29 is 4.79 Å². The Morgan fingerprint density at radius 3 is 2.58 bits per heavy atom. The van der Waals surface area contributed by atoms with E-state index >= 15 is 0 Å². The molecule has 0 bridgehead atoms. The molecule has 0 fully saturated rings. The van der Waals surface area contributed by atoms with Gasteiger partial charge in [-0.1, -0.05) is 26.0 Å². The van der Waals surface area contributed by atoms with Gasteiger partial charge in [0.25, 0.3) is 0 Å². The van der Waals surface area contributed by atoms with E-state index in [9.17, 15) is 4.79 Å². The molecule has 0 aliphatic rings. The van der Waals surface area contributed by atoms with E-state index in [0.29, 0.717) is 18.0 Å². The van der Waals surface area contributed by atoms with Crippen LogP contribution in [-0.4, -0.2) is 37.5 Å². The van der Waals surface area contributed by atoms with E-state index in [1.165, 1.54) is 0 Å². The lowest BCUT2D eigenvalue weighted by molar-refractivity contribution is -0.121. The fourth-order valence-electron chi connectivity index (χ4n) is 1.96. The van der Waals surface area contributed by atoms with E-state index in [0.717, 1.165) is 12.1 Å². The van der Waals surface area contributed by atoms with Crippen molar-refractivity contribution in [2.24, 2.45) is 5.92 Å². The van der Waals surface area contributed by atoms with Gasteiger partial charge in [0.2, 0.25) is 5.91 Å². The van der Waals surface area contributed by atoms with Crippen molar-refractivity contribution >= 4 is 11.6 Å². The van der Waals surface area contributed by atoms with Gasteiger partial charge in [-0.25, -0.2) is 0 Å². The van der Waals surface area contributed by atoms with Crippen LogP contribution in [0, 0.1) is 5.92 Å². The third kappa shape index (κ3) is 5.75. The zero-order valence-electron chi connectivity index (χ0n) is 12.3. The number of nitrogens with two attached hydrogens (primary N) is 1. The Morgan fingerprint density at radius 2 is 2.05 bits per heavy atom. The molecule has 4 nitrogen and oxygen atoms in total. The Balaban J connectivity index is 2.57. The van der Waals surface area contributed by atoms with Crippen LogP contribution < -0.4 is 11.1 Å². The molecule has 1 unspecified atom stereocenters. The van der Waals surface area contributed by atoms with Crippen LogP contribution in [0.1, 0.15) is 19.4 Å². The highest BCUT2D eigenvalue weighted by atomic mass is 16.1. The summed E-state index contributed by atoms with van der Waals surface area (Å²) in [6.45, 7) is 5.09. The molecule has 0 spiro atoms. The van der Waals surface area contributed by atoms with Crippen LogP contribution in [0.3, 0.4) is 0 Å². The van der Waals surface area contributed by atoms with Gasteiger partial charge in [0.05, 0.1) is 6.42 Å². The first-order valence-corrected chi connectivity index (χ1v) is 6.67. The van der Waals surface area contributed by atoms with Crippen molar-refractivity contribution in [3.63, 3.8) is 0 Å². The number of benzene rings is 1. The molecule has 1 aromatic rings. The second kappa shape index (κ2) is 7.14. The maximum absolute atomic E-state index is 12.0. The maximum Gasteiger partial charge on any atom is 0.224 e. The molecule has 0 heterocycles. The summed E-state index contributed by atoms with van der Waals surface area (Å²) in [7, 11) is 4.03. The van der Waals surface area contributed by atoms with Crippen LogP contribution in [0.25, 0.3) is 0 Å². The number of anilines is 1. The number of rotatable bonds is 6. The van der Waals surface area contributed by atoms with Gasteiger partial charge in [-0.2, -0.15) is 0 Å². The molecular weight excluding hydrogens is 238 g/mol. The molecule has 4 heteroatoms. The third-order valence-electron chi connectivity index (χ3n) is 3.03. The van der Waals surface area contributed by atoms with Crippen LogP contribution >= 0.6 is 0 Å². The normalized spacial score (nSPS) is 12.7.